The zero-order valence-corrected chi connectivity index (χ0v) is 33.5. The quantitative estimate of drug-likeness (QED) is 0.157. The summed E-state index contributed by atoms with van der Waals surface area (Å²) in [5, 5.41) is 0. The molecule has 1 heteroatoms. The molecular weight excluding hydrogens is 711 g/mol. The Bertz CT molecular complexity index is 2860. The molecule has 0 aromatic heterocycles. The maximum absolute atomic E-state index is 2.64. The van der Waals surface area contributed by atoms with Crippen LogP contribution in [0.15, 0.2) is 224 Å². The van der Waals surface area contributed by atoms with Gasteiger partial charge in [0.1, 0.15) is 0 Å². The minimum absolute atomic E-state index is 0.0476. The first-order valence-corrected chi connectivity index (χ1v) is 21.0. The van der Waals surface area contributed by atoms with E-state index in [1.165, 1.54) is 89.3 Å². The molecular formula is C58H45N. The van der Waals surface area contributed by atoms with Crippen molar-refractivity contribution in [3.05, 3.63) is 257 Å². The molecule has 0 fully saturated rings. The molecule has 0 N–H and O–H groups in total. The first-order chi connectivity index (χ1) is 29.0. The normalized spacial score (nSPS) is 16.5. The van der Waals surface area contributed by atoms with Gasteiger partial charge in [-0.3, -0.25) is 0 Å². The summed E-state index contributed by atoms with van der Waals surface area (Å²) in [6, 6.07) is 76.6. The summed E-state index contributed by atoms with van der Waals surface area (Å²) in [7, 11) is 0. The van der Waals surface area contributed by atoms with Gasteiger partial charge in [-0.25, -0.2) is 0 Å². The maximum atomic E-state index is 2.64. The molecule has 0 amide bonds. The molecule has 0 heterocycles. The number of rotatable bonds is 7. The first-order valence-electron chi connectivity index (χ1n) is 21.0. The smallest absolute Gasteiger partial charge is 0.0711 e. The van der Waals surface area contributed by atoms with Crippen LogP contribution in [0.25, 0.3) is 39.0 Å². The molecule has 59 heavy (non-hydrogen) atoms. The molecule has 282 valence electrons. The van der Waals surface area contributed by atoms with Gasteiger partial charge in [-0.2, -0.15) is 0 Å². The molecule has 3 aliphatic rings. The van der Waals surface area contributed by atoms with Gasteiger partial charge in [0.2, 0.25) is 0 Å². The van der Waals surface area contributed by atoms with Crippen LogP contribution in [0, 0.1) is 0 Å². The van der Waals surface area contributed by atoms with Crippen molar-refractivity contribution in [2.45, 2.75) is 37.1 Å². The summed E-state index contributed by atoms with van der Waals surface area (Å²) >= 11 is 0. The Balaban J connectivity index is 1.09. The van der Waals surface area contributed by atoms with Gasteiger partial charge in [-0.15, -0.1) is 0 Å². The molecule has 3 aliphatic carbocycles. The number of hydrogen-bond donors (Lipinski definition) is 0. The van der Waals surface area contributed by atoms with E-state index >= 15 is 0 Å². The largest absolute Gasteiger partial charge is 0.334 e. The lowest BCUT2D eigenvalue weighted by molar-refractivity contribution is 0.659. The lowest BCUT2D eigenvalue weighted by Gasteiger charge is -2.39. The number of allylic oxidation sites excluding steroid dienone is 2. The third kappa shape index (κ3) is 5.45. The molecule has 8 aromatic carbocycles. The van der Waals surface area contributed by atoms with Crippen LogP contribution in [0.5, 0.6) is 0 Å². The van der Waals surface area contributed by atoms with E-state index in [1.54, 1.807) is 0 Å². The Morgan fingerprint density at radius 2 is 0.898 bits per heavy atom. The standard InChI is InChI=1S/C58H45N/c1-57(2)51-25-14-12-23-48(51)49-38-37-47(39-54(49)57)59(46-35-33-43(34-36-46)42-31-29-41(30-32-42)40-17-6-3-7-18-40)55-28-16-27-53-56(55)50-24-13-15-26-52(50)58(53,44-19-8-4-9-20-44)45-21-10-5-11-22-45/h3-27,29-39,55H,28H2,1-2H3. The number of benzene rings is 8. The first kappa shape index (κ1) is 35.2. The highest BCUT2D eigenvalue weighted by Gasteiger charge is 2.50. The van der Waals surface area contributed by atoms with Gasteiger partial charge in [0.05, 0.1) is 11.5 Å². The van der Waals surface area contributed by atoms with E-state index < -0.39 is 5.41 Å². The predicted octanol–water partition coefficient (Wildman–Crippen LogP) is 14.6. The van der Waals surface area contributed by atoms with Crippen LogP contribution in [0.2, 0.25) is 0 Å². The summed E-state index contributed by atoms with van der Waals surface area (Å²) in [6.07, 6.45) is 5.75. The molecule has 0 saturated carbocycles. The van der Waals surface area contributed by atoms with Crippen molar-refractivity contribution in [3.8, 4) is 33.4 Å². The van der Waals surface area contributed by atoms with Gasteiger partial charge in [0.15, 0.2) is 0 Å². The van der Waals surface area contributed by atoms with Crippen molar-refractivity contribution in [2.24, 2.45) is 0 Å². The fourth-order valence-corrected chi connectivity index (χ4v) is 10.6. The van der Waals surface area contributed by atoms with E-state index in [9.17, 15) is 0 Å². The van der Waals surface area contributed by atoms with Crippen LogP contribution in [0.1, 0.15) is 53.6 Å². The topological polar surface area (TPSA) is 3.24 Å². The van der Waals surface area contributed by atoms with Crippen molar-refractivity contribution in [1.82, 2.24) is 0 Å². The SMILES string of the molecule is CC1(C)c2ccccc2-c2ccc(N(c3ccc(-c4ccc(-c5ccccc5)cc4)cc3)C3CC=CC4=C3c3ccccc3C4(c3ccccc3)c3ccccc3)cc21. The summed E-state index contributed by atoms with van der Waals surface area (Å²) in [5.74, 6) is 0. The second kappa shape index (κ2) is 13.9. The van der Waals surface area contributed by atoms with E-state index in [0.29, 0.717) is 0 Å². The lowest BCUT2D eigenvalue weighted by atomic mass is 9.66. The zero-order valence-electron chi connectivity index (χ0n) is 33.5. The van der Waals surface area contributed by atoms with Crippen molar-refractivity contribution < 1.29 is 0 Å². The Kier molecular flexibility index (Phi) is 8.27. The fraction of sp³-hybridized carbons (Fsp3) is 0.103. The van der Waals surface area contributed by atoms with Gasteiger partial charge < -0.3 is 4.90 Å². The van der Waals surface area contributed by atoms with Crippen LogP contribution >= 0.6 is 0 Å². The molecule has 1 atom stereocenters. The van der Waals surface area contributed by atoms with Crippen molar-refractivity contribution in [3.63, 3.8) is 0 Å². The zero-order chi connectivity index (χ0) is 39.6. The molecule has 1 nitrogen and oxygen atoms in total. The second-order valence-corrected chi connectivity index (χ2v) is 16.8. The lowest BCUT2D eigenvalue weighted by Crippen LogP contribution is -2.35. The van der Waals surface area contributed by atoms with Gasteiger partial charge in [0.25, 0.3) is 0 Å². The molecule has 8 aromatic rings. The van der Waals surface area contributed by atoms with E-state index in [-0.39, 0.29) is 11.5 Å². The average molecular weight is 756 g/mol. The fourth-order valence-electron chi connectivity index (χ4n) is 10.6. The molecule has 0 bridgehead atoms. The third-order valence-corrected chi connectivity index (χ3v) is 13.3. The van der Waals surface area contributed by atoms with Gasteiger partial charge in [0, 0.05) is 16.8 Å². The van der Waals surface area contributed by atoms with E-state index in [2.05, 4.69) is 237 Å². The highest BCUT2D eigenvalue weighted by molar-refractivity contribution is 5.94. The van der Waals surface area contributed by atoms with Crippen molar-refractivity contribution >= 4 is 16.9 Å². The maximum Gasteiger partial charge on any atom is 0.0711 e. The number of hydrogen-bond acceptors (Lipinski definition) is 1. The van der Waals surface area contributed by atoms with Crippen LogP contribution in [0.3, 0.4) is 0 Å². The van der Waals surface area contributed by atoms with Crippen LogP contribution in [-0.2, 0) is 10.8 Å². The van der Waals surface area contributed by atoms with Crippen molar-refractivity contribution in [1.29, 1.82) is 0 Å². The predicted molar refractivity (Wildman–Crippen MR) is 247 cm³/mol. The average Bonchev–Trinajstić information content (AvgIpc) is 3.74. The molecule has 0 spiro atoms. The van der Waals surface area contributed by atoms with Gasteiger partial charge in [-0.1, -0.05) is 208 Å². The minimum atomic E-state index is -0.452. The Morgan fingerprint density at radius 3 is 1.53 bits per heavy atom. The summed E-state index contributed by atoms with van der Waals surface area (Å²) in [4.78, 5) is 2.64. The second-order valence-electron chi connectivity index (χ2n) is 16.8. The summed E-state index contributed by atoms with van der Waals surface area (Å²) in [5.41, 5.74) is 20.2. The van der Waals surface area contributed by atoms with Crippen molar-refractivity contribution in [2.75, 3.05) is 4.90 Å². The highest BCUT2D eigenvalue weighted by atomic mass is 15.2. The molecule has 11 rings (SSSR count). The number of fused-ring (bicyclic) bond motifs is 5. The Hall–Kier alpha value is -6.96. The van der Waals surface area contributed by atoms with Crippen LogP contribution < -0.4 is 4.90 Å². The number of nitrogens with zero attached hydrogens (tertiary/aromatic N) is 1. The Morgan fingerprint density at radius 1 is 0.424 bits per heavy atom. The van der Waals surface area contributed by atoms with Gasteiger partial charge >= 0.3 is 0 Å². The van der Waals surface area contributed by atoms with Gasteiger partial charge in [-0.05, 0) is 109 Å². The summed E-state index contributed by atoms with van der Waals surface area (Å²) < 4.78 is 0. The van der Waals surface area contributed by atoms with Crippen LogP contribution in [-0.4, -0.2) is 6.04 Å². The monoisotopic (exact) mass is 755 g/mol. The molecule has 0 radical (unpaired) electrons. The van der Waals surface area contributed by atoms with E-state index in [1.807, 2.05) is 0 Å². The van der Waals surface area contributed by atoms with E-state index in [0.717, 1.165) is 6.42 Å². The van der Waals surface area contributed by atoms with Crippen LogP contribution in [0.4, 0.5) is 11.4 Å². The highest BCUT2D eigenvalue weighted by Crippen LogP contribution is 2.59. The minimum Gasteiger partial charge on any atom is -0.334 e. The molecule has 1 unspecified atom stereocenters. The van der Waals surface area contributed by atoms with E-state index in [4.69, 9.17) is 0 Å². The third-order valence-electron chi connectivity index (χ3n) is 13.3. The molecule has 0 saturated heterocycles. The molecule has 0 aliphatic heterocycles. The Labute approximate surface area is 348 Å². The number of anilines is 2. The summed E-state index contributed by atoms with van der Waals surface area (Å²) in [6.45, 7) is 4.77.